The molecular weight excluding hydrogens is 309 g/mol. The van der Waals surface area contributed by atoms with Gasteiger partial charge in [0.2, 0.25) is 0 Å². The molecule has 1 aromatic carbocycles. The standard InChI is InChI=1S/C15H19Cl2N3O/c1-9-7-19-4-2-3-11(19)8-20(9)15(21)12-5-10(18)6-13(16)14(12)17/h5-6,9,11H,2-4,7-8,18H2,1H3. The van der Waals surface area contributed by atoms with Crippen LogP contribution in [-0.2, 0) is 0 Å². The molecule has 0 saturated carbocycles. The predicted octanol–water partition coefficient (Wildman–Crippen LogP) is 2.88. The highest BCUT2D eigenvalue weighted by atomic mass is 35.5. The maximum atomic E-state index is 12.8. The summed E-state index contributed by atoms with van der Waals surface area (Å²) in [5, 5.41) is 0.615. The van der Waals surface area contributed by atoms with E-state index in [1.54, 1.807) is 12.1 Å². The lowest BCUT2D eigenvalue weighted by atomic mass is 10.1. The smallest absolute Gasteiger partial charge is 0.255 e. The monoisotopic (exact) mass is 327 g/mol. The number of nitrogen functional groups attached to an aromatic ring is 1. The average Bonchev–Trinajstić information content (AvgIpc) is 2.88. The van der Waals surface area contributed by atoms with Gasteiger partial charge in [0, 0.05) is 30.9 Å². The molecule has 0 bridgehead atoms. The van der Waals surface area contributed by atoms with E-state index in [-0.39, 0.29) is 17.0 Å². The van der Waals surface area contributed by atoms with Crippen LogP contribution in [0.25, 0.3) is 0 Å². The normalized spacial score (nSPS) is 26.0. The van der Waals surface area contributed by atoms with Crippen molar-refractivity contribution in [2.24, 2.45) is 0 Å². The first kappa shape index (κ1) is 14.9. The number of amides is 1. The van der Waals surface area contributed by atoms with Crippen LogP contribution < -0.4 is 5.73 Å². The zero-order chi connectivity index (χ0) is 15.1. The molecule has 2 aliphatic heterocycles. The van der Waals surface area contributed by atoms with Gasteiger partial charge in [-0.25, -0.2) is 0 Å². The summed E-state index contributed by atoms with van der Waals surface area (Å²) in [6.07, 6.45) is 2.37. The van der Waals surface area contributed by atoms with Crippen molar-refractivity contribution in [1.82, 2.24) is 9.80 Å². The Hall–Kier alpha value is -0.970. The van der Waals surface area contributed by atoms with Crippen molar-refractivity contribution in [3.05, 3.63) is 27.7 Å². The maximum absolute atomic E-state index is 12.8. The van der Waals surface area contributed by atoms with Crippen molar-refractivity contribution < 1.29 is 4.79 Å². The average molecular weight is 328 g/mol. The fourth-order valence-electron chi connectivity index (χ4n) is 3.39. The Balaban J connectivity index is 1.88. The van der Waals surface area contributed by atoms with Crippen molar-refractivity contribution in [2.45, 2.75) is 31.8 Å². The molecule has 4 nitrogen and oxygen atoms in total. The molecule has 0 radical (unpaired) electrons. The van der Waals surface area contributed by atoms with E-state index in [0.29, 0.717) is 22.3 Å². The van der Waals surface area contributed by atoms with Crippen molar-refractivity contribution in [2.75, 3.05) is 25.4 Å². The Labute approximate surface area is 134 Å². The summed E-state index contributed by atoms with van der Waals surface area (Å²) in [7, 11) is 0. The Morgan fingerprint density at radius 3 is 2.86 bits per heavy atom. The van der Waals surface area contributed by atoms with Crippen LogP contribution >= 0.6 is 23.2 Å². The number of carbonyl (C=O) groups excluding carboxylic acids is 1. The molecule has 2 saturated heterocycles. The lowest BCUT2D eigenvalue weighted by molar-refractivity contribution is 0.0395. The van der Waals surface area contributed by atoms with Gasteiger partial charge in [-0.05, 0) is 38.4 Å². The van der Waals surface area contributed by atoms with E-state index < -0.39 is 0 Å². The number of hydrogen-bond acceptors (Lipinski definition) is 3. The summed E-state index contributed by atoms with van der Waals surface area (Å²) >= 11 is 12.2. The van der Waals surface area contributed by atoms with Crippen LogP contribution in [0.2, 0.25) is 10.0 Å². The van der Waals surface area contributed by atoms with E-state index in [9.17, 15) is 4.79 Å². The van der Waals surface area contributed by atoms with Crippen LogP contribution in [0.3, 0.4) is 0 Å². The van der Waals surface area contributed by atoms with Gasteiger partial charge in [0.25, 0.3) is 5.91 Å². The Morgan fingerprint density at radius 2 is 2.10 bits per heavy atom. The number of rotatable bonds is 1. The van der Waals surface area contributed by atoms with Crippen molar-refractivity contribution in [3.8, 4) is 0 Å². The number of nitrogens with two attached hydrogens (primary N) is 1. The van der Waals surface area contributed by atoms with Gasteiger partial charge in [-0.3, -0.25) is 9.69 Å². The van der Waals surface area contributed by atoms with Crippen molar-refractivity contribution in [1.29, 1.82) is 0 Å². The largest absolute Gasteiger partial charge is 0.399 e. The SMILES string of the molecule is CC1CN2CCCC2CN1C(=O)c1cc(N)cc(Cl)c1Cl. The number of carbonyl (C=O) groups is 1. The molecule has 21 heavy (non-hydrogen) atoms. The molecule has 2 atom stereocenters. The van der Waals surface area contributed by atoms with Crippen LogP contribution in [0.15, 0.2) is 12.1 Å². The second-order valence-corrected chi connectivity index (χ2v) is 6.75. The van der Waals surface area contributed by atoms with Crippen LogP contribution in [0.4, 0.5) is 5.69 Å². The number of anilines is 1. The molecule has 0 spiro atoms. The fourth-order valence-corrected chi connectivity index (χ4v) is 3.81. The molecule has 1 amide bonds. The molecule has 1 aromatic rings. The first-order valence-electron chi connectivity index (χ1n) is 7.27. The summed E-state index contributed by atoms with van der Waals surface area (Å²) in [4.78, 5) is 17.2. The molecular formula is C15H19Cl2N3O. The van der Waals surface area contributed by atoms with Gasteiger partial charge in [-0.1, -0.05) is 23.2 Å². The van der Waals surface area contributed by atoms with Crippen LogP contribution in [0.5, 0.6) is 0 Å². The van der Waals surface area contributed by atoms with E-state index in [4.69, 9.17) is 28.9 Å². The van der Waals surface area contributed by atoms with Gasteiger partial charge in [-0.15, -0.1) is 0 Å². The Bertz CT molecular complexity index is 578. The highest BCUT2D eigenvalue weighted by Gasteiger charge is 2.37. The van der Waals surface area contributed by atoms with Gasteiger partial charge in [0.1, 0.15) is 0 Å². The molecule has 2 heterocycles. The van der Waals surface area contributed by atoms with E-state index in [1.807, 2.05) is 4.90 Å². The van der Waals surface area contributed by atoms with E-state index in [2.05, 4.69) is 11.8 Å². The third-order valence-electron chi connectivity index (χ3n) is 4.48. The van der Waals surface area contributed by atoms with Crippen molar-refractivity contribution in [3.63, 3.8) is 0 Å². The molecule has 2 unspecified atom stereocenters. The molecule has 0 aromatic heterocycles. The Morgan fingerprint density at radius 1 is 1.33 bits per heavy atom. The van der Waals surface area contributed by atoms with E-state index in [0.717, 1.165) is 26.1 Å². The van der Waals surface area contributed by atoms with Gasteiger partial charge < -0.3 is 10.6 Å². The second-order valence-electron chi connectivity index (χ2n) is 5.96. The highest BCUT2D eigenvalue weighted by molar-refractivity contribution is 6.44. The van der Waals surface area contributed by atoms with E-state index in [1.165, 1.54) is 6.42 Å². The molecule has 2 N–H and O–H groups in total. The lowest BCUT2D eigenvalue weighted by Crippen LogP contribution is -2.56. The Kier molecular flexibility index (Phi) is 4.04. The predicted molar refractivity (Wildman–Crippen MR) is 86.0 cm³/mol. The van der Waals surface area contributed by atoms with Crippen LogP contribution in [0.1, 0.15) is 30.1 Å². The van der Waals surface area contributed by atoms with Gasteiger partial charge in [-0.2, -0.15) is 0 Å². The number of hydrogen-bond donors (Lipinski definition) is 1. The van der Waals surface area contributed by atoms with Gasteiger partial charge >= 0.3 is 0 Å². The zero-order valence-electron chi connectivity index (χ0n) is 12.0. The molecule has 2 aliphatic rings. The van der Waals surface area contributed by atoms with Gasteiger partial charge in [0.15, 0.2) is 0 Å². The highest BCUT2D eigenvalue weighted by Crippen LogP contribution is 2.32. The minimum Gasteiger partial charge on any atom is -0.399 e. The summed E-state index contributed by atoms with van der Waals surface area (Å²) in [5.74, 6) is -0.0757. The maximum Gasteiger partial charge on any atom is 0.255 e. The van der Waals surface area contributed by atoms with Crippen molar-refractivity contribution >= 4 is 34.8 Å². The fraction of sp³-hybridized carbons (Fsp3) is 0.533. The van der Waals surface area contributed by atoms with Crippen LogP contribution in [-0.4, -0.2) is 47.4 Å². The summed E-state index contributed by atoms with van der Waals surface area (Å²) in [6.45, 7) is 4.89. The number of fused-ring (bicyclic) bond motifs is 1. The number of piperazine rings is 1. The lowest BCUT2D eigenvalue weighted by Gasteiger charge is -2.42. The van der Waals surface area contributed by atoms with E-state index >= 15 is 0 Å². The molecule has 3 rings (SSSR count). The molecule has 114 valence electrons. The molecule has 2 fully saturated rings. The van der Waals surface area contributed by atoms with Gasteiger partial charge in [0.05, 0.1) is 15.6 Å². The summed E-state index contributed by atoms with van der Waals surface area (Å²) in [6, 6.07) is 3.83. The molecule has 6 heteroatoms. The minimum atomic E-state index is -0.0757. The first-order valence-corrected chi connectivity index (χ1v) is 8.02. The number of halogens is 2. The minimum absolute atomic E-state index is 0.0757. The molecule has 0 aliphatic carbocycles. The zero-order valence-corrected chi connectivity index (χ0v) is 13.5. The summed E-state index contributed by atoms with van der Waals surface area (Å²) < 4.78 is 0. The quantitative estimate of drug-likeness (QED) is 0.807. The summed E-state index contributed by atoms with van der Waals surface area (Å²) in [5.41, 5.74) is 6.65. The second kappa shape index (κ2) is 5.67. The number of nitrogens with zero attached hydrogens (tertiary/aromatic N) is 2. The first-order chi connectivity index (χ1) is 9.97. The van der Waals surface area contributed by atoms with Crippen LogP contribution in [0, 0.1) is 0 Å². The topological polar surface area (TPSA) is 49.6 Å². The third-order valence-corrected chi connectivity index (χ3v) is 5.28. The third kappa shape index (κ3) is 2.72. The number of benzene rings is 1.